The molecule has 3 heterocycles. The van der Waals surface area contributed by atoms with Crippen LogP contribution in [0.4, 0.5) is 10.1 Å². The van der Waals surface area contributed by atoms with Gasteiger partial charge in [-0.2, -0.15) is 0 Å². The van der Waals surface area contributed by atoms with Gasteiger partial charge in [-0.3, -0.25) is 15.6 Å². The predicted octanol–water partition coefficient (Wildman–Crippen LogP) is 2.64. The highest BCUT2D eigenvalue weighted by atomic mass is 19.1. The molecule has 2 aliphatic rings. The zero-order valence-corrected chi connectivity index (χ0v) is 18.0. The van der Waals surface area contributed by atoms with Gasteiger partial charge < -0.3 is 31.0 Å². The van der Waals surface area contributed by atoms with E-state index >= 15 is 0 Å². The molecule has 0 bridgehead atoms. The average Bonchev–Trinajstić information content (AvgIpc) is 3.30. The number of anilines is 1. The average molecular weight is 452 g/mol. The number of guanidine groups is 2. The SMILES string of the molecule is N=C(N)N1CC=C(c2coc(C(=O)Nc3ccc(C4=CCN(C(=N)N)CC4)c(F)c3)c2)CC1. The number of halogens is 1. The van der Waals surface area contributed by atoms with Crippen molar-refractivity contribution < 1.29 is 13.6 Å². The van der Waals surface area contributed by atoms with Gasteiger partial charge >= 0.3 is 0 Å². The van der Waals surface area contributed by atoms with Gasteiger partial charge in [0.25, 0.3) is 5.91 Å². The number of hydrogen-bond acceptors (Lipinski definition) is 4. The van der Waals surface area contributed by atoms with E-state index in [0.717, 1.165) is 16.7 Å². The van der Waals surface area contributed by atoms with Crippen molar-refractivity contribution in [1.82, 2.24) is 9.80 Å². The number of nitrogens with zero attached hydrogens (tertiary/aromatic N) is 2. The number of carbonyl (C=O) groups excluding carboxylic acids is 1. The van der Waals surface area contributed by atoms with Crippen LogP contribution in [-0.4, -0.2) is 53.8 Å². The van der Waals surface area contributed by atoms with E-state index in [9.17, 15) is 9.18 Å². The van der Waals surface area contributed by atoms with E-state index in [2.05, 4.69) is 5.32 Å². The molecule has 0 atom stereocenters. The van der Waals surface area contributed by atoms with Crippen LogP contribution in [0.2, 0.25) is 0 Å². The number of nitrogens with one attached hydrogen (secondary N) is 3. The fraction of sp³-hybridized carbons (Fsp3) is 0.261. The molecule has 4 rings (SSSR count). The Morgan fingerprint density at radius 2 is 1.64 bits per heavy atom. The molecule has 0 saturated carbocycles. The lowest BCUT2D eigenvalue weighted by Gasteiger charge is -2.26. The first-order chi connectivity index (χ1) is 15.8. The number of hydrogen-bond donors (Lipinski definition) is 5. The van der Waals surface area contributed by atoms with Gasteiger partial charge in [-0.05, 0) is 48.3 Å². The van der Waals surface area contributed by atoms with Gasteiger partial charge in [-0.1, -0.05) is 12.2 Å². The second-order valence-corrected chi connectivity index (χ2v) is 7.97. The first-order valence-corrected chi connectivity index (χ1v) is 10.6. The fourth-order valence-corrected chi connectivity index (χ4v) is 3.95. The summed E-state index contributed by atoms with van der Waals surface area (Å²) in [5.74, 6) is -0.734. The Labute approximate surface area is 190 Å². The molecule has 2 aromatic rings. The van der Waals surface area contributed by atoms with Crippen molar-refractivity contribution in [2.75, 3.05) is 31.5 Å². The van der Waals surface area contributed by atoms with Gasteiger partial charge in [0, 0.05) is 43.0 Å². The molecule has 0 fully saturated rings. The minimum atomic E-state index is -0.468. The summed E-state index contributed by atoms with van der Waals surface area (Å²) in [5.41, 5.74) is 14.5. The highest BCUT2D eigenvalue weighted by Gasteiger charge is 2.19. The Balaban J connectivity index is 1.41. The van der Waals surface area contributed by atoms with Crippen LogP contribution < -0.4 is 16.8 Å². The lowest BCUT2D eigenvalue weighted by Crippen LogP contribution is -2.39. The van der Waals surface area contributed by atoms with Crippen molar-refractivity contribution in [3.63, 3.8) is 0 Å². The van der Waals surface area contributed by atoms with Crippen molar-refractivity contribution in [3.05, 3.63) is 65.4 Å². The third-order valence-electron chi connectivity index (χ3n) is 5.87. The third kappa shape index (κ3) is 4.89. The maximum absolute atomic E-state index is 14.7. The molecule has 1 aromatic carbocycles. The molecule has 0 aliphatic carbocycles. The topological polar surface area (TPSA) is 148 Å². The third-order valence-corrected chi connectivity index (χ3v) is 5.87. The van der Waals surface area contributed by atoms with Gasteiger partial charge in [0.15, 0.2) is 17.7 Å². The van der Waals surface area contributed by atoms with Crippen molar-refractivity contribution in [1.29, 1.82) is 10.8 Å². The van der Waals surface area contributed by atoms with Crippen LogP contribution in [0.5, 0.6) is 0 Å². The number of benzene rings is 1. The number of furan rings is 1. The summed E-state index contributed by atoms with van der Waals surface area (Å²) in [5, 5.41) is 17.7. The van der Waals surface area contributed by atoms with Crippen LogP contribution in [0.1, 0.15) is 34.5 Å². The number of carbonyl (C=O) groups is 1. The molecule has 1 aromatic heterocycles. The summed E-state index contributed by atoms with van der Waals surface area (Å²) in [6.07, 6.45) is 6.61. The summed E-state index contributed by atoms with van der Waals surface area (Å²) < 4.78 is 20.2. The highest BCUT2D eigenvalue weighted by molar-refractivity contribution is 6.02. The first kappa shape index (κ1) is 22.1. The Morgan fingerprint density at radius 3 is 2.18 bits per heavy atom. The molecule has 0 unspecified atom stereocenters. The first-order valence-electron chi connectivity index (χ1n) is 10.6. The van der Waals surface area contributed by atoms with Gasteiger partial charge in [0.05, 0.1) is 6.26 Å². The largest absolute Gasteiger partial charge is 0.459 e. The molecule has 0 spiro atoms. The molecule has 172 valence electrons. The molecule has 0 saturated heterocycles. The normalized spacial score (nSPS) is 16.2. The second-order valence-electron chi connectivity index (χ2n) is 7.97. The van der Waals surface area contributed by atoms with E-state index in [-0.39, 0.29) is 17.7 Å². The summed E-state index contributed by atoms with van der Waals surface area (Å²) >= 11 is 0. The van der Waals surface area contributed by atoms with Gasteiger partial charge in [0.2, 0.25) is 0 Å². The molecule has 2 aliphatic heterocycles. The van der Waals surface area contributed by atoms with Crippen LogP contribution in [-0.2, 0) is 0 Å². The standard InChI is InChI=1S/C23H26FN7O2/c24-19-12-17(1-2-18(19)15-5-9-31(10-6-15)23(27)28)29-21(32)20-11-16(13-33-20)14-3-7-30(8-4-14)22(25)26/h1-3,5,11-13H,4,6-10H2,(H3,25,26)(H3,27,28)(H,29,32). The fourth-order valence-electron chi connectivity index (χ4n) is 3.95. The van der Waals surface area contributed by atoms with Crippen LogP contribution >= 0.6 is 0 Å². The van der Waals surface area contributed by atoms with E-state index < -0.39 is 11.7 Å². The maximum Gasteiger partial charge on any atom is 0.291 e. The van der Waals surface area contributed by atoms with Gasteiger partial charge in [0.1, 0.15) is 5.82 Å². The van der Waals surface area contributed by atoms with Gasteiger partial charge in [-0.25, -0.2) is 4.39 Å². The molecular weight excluding hydrogens is 425 g/mol. The summed E-state index contributed by atoms with van der Waals surface area (Å²) in [4.78, 5) is 16.1. The molecule has 9 nitrogen and oxygen atoms in total. The van der Waals surface area contributed by atoms with Crippen LogP contribution in [0, 0.1) is 16.6 Å². The minimum Gasteiger partial charge on any atom is -0.459 e. The van der Waals surface area contributed by atoms with Crippen molar-refractivity contribution in [2.45, 2.75) is 12.8 Å². The van der Waals surface area contributed by atoms with E-state index in [1.54, 1.807) is 28.0 Å². The van der Waals surface area contributed by atoms with Crippen LogP contribution in [0.25, 0.3) is 11.1 Å². The molecule has 0 radical (unpaired) electrons. The molecule has 33 heavy (non-hydrogen) atoms. The molecule has 1 amide bonds. The van der Waals surface area contributed by atoms with Crippen LogP contribution in [0.3, 0.4) is 0 Å². The Morgan fingerprint density at radius 1 is 1.00 bits per heavy atom. The molecule has 10 heteroatoms. The van der Waals surface area contributed by atoms with E-state index in [0.29, 0.717) is 50.3 Å². The van der Waals surface area contributed by atoms with E-state index in [4.69, 9.17) is 26.7 Å². The predicted molar refractivity (Wildman–Crippen MR) is 125 cm³/mol. The quantitative estimate of drug-likeness (QED) is 0.356. The Kier molecular flexibility index (Phi) is 6.16. The Hall–Kier alpha value is -4.08. The number of rotatable bonds is 4. The maximum atomic E-state index is 14.7. The van der Waals surface area contributed by atoms with Crippen molar-refractivity contribution in [3.8, 4) is 0 Å². The zero-order valence-electron chi connectivity index (χ0n) is 18.0. The lowest BCUT2D eigenvalue weighted by atomic mass is 9.98. The van der Waals surface area contributed by atoms with E-state index in [1.165, 1.54) is 12.3 Å². The summed E-state index contributed by atoms with van der Waals surface area (Å²) in [7, 11) is 0. The smallest absolute Gasteiger partial charge is 0.291 e. The zero-order chi connectivity index (χ0) is 23.5. The number of nitrogens with two attached hydrogens (primary N) is 2. The summed E-state index contributed by atoms with van der Waals surface area (Å²) in [6, 6.07) is 6.23. The van der Waals surface area contributed by atoms with Crippen LogP contribution in [0.15, 0.2) is 47.1 Å². The van der Waals surface area contributed by atoms with Crippen molar-refractivity contribution in [2.24, 2.45) is 11.5 Å². The number of amides is 1. The Bertz CT molecular complexity index is 1170. The summed E-state index contributed by atoms with van der Waals surface area (Å²) in [6.45, 7) is 2.19. The monoisotopic (exact) mass is 451 g/mol. The molecule has 7 N–H and O–H groups in total. The minimum absolute atomic E-state index is 0.00252. The highest BCUT2D eigenvalue weighted by Crippen LogP contribution is 2.28. The second kappa shape index (κ2) is 9.19. The van der Waals surface area contributed by atoms with Crippen molar-refractivity contribution >= 4 is 34.7 Å². The van der Waals surface area contributed by atoms with Gasteiger partial charge in [-0.15, -0.1) is 0 Å². The molecular formula is C23H26FN7O2. The van der Waals surface area contributed by atoms with E-state index in [1.807, 2.05) is 12.2 Å². The lowest BCUT2D eigenvalue weighted by molar-refractivity contribution is 0.0996.